The van der Waals surface area contributed by atoms with Gasteiger partial charge in [-0.2, -0.15) is 0 Å². The van der Waals surface area contributed by atoms with Gasteiger partial charge < -0.3 is 20.5 Å². The quantitative estimate of drug-likeness (QED) is 0.564. The maximum Gasteiger partial charge on any atom is 0.407 e. The highest BCUT2D eigenvalue weighted by molar-refractivity contribution is 5.67. The highest BCUT2D eigenvalue weighted by atomic mass is 16.6. The number of carbonyl (C=O) groups excluding carboxylic acids is 1. The second-order valence-corrected chi connectivity index (χ2v) is 4.96. The fourth-order valence-electron chi connectivity index (χ4n) is 1.21. The monoisotopic (exact) mass is 246 g/mol. The Bertz CT molecular complexity index is 202. The van der Waals surface area contributed by atoms with Crippen LogP contribution in [0.4, 0.5) is 4.79 Å². The summed E-state index contributed by atoms with van der Waals surface area (Å²) in [6, 6.07) is 0. The van der Waals surface area contributed by atoms with Gasteiger partial charge in [0.15, 0.2) is 0 Å². The number of aliphatic hydroxyl groups is 1. The SMILES string of the molecule is CC(C)(C)OC(=O)NCCCCNCCCO. The summed E-state index contributed by atoms with van der Waals surface area (Å²) in [6.07, 6.45) is 2.36. The van der Waals surface area contributed by atoms with E-state index < -0.39 is 5.60 Å². The second-order valence-electron chi connectivity index (χ2n) is 4.96. The first-order chi connectivity index (χ1) is 7.95. The molecule has 0 unspecified atom stereocenters. The van der Waals surface area contributed by atoms with Crippen molar-refractivity contribution in [3.63, 3.8) is 0 Å². The number of hydrogen-bond acceptors (Lipinski definition) is 4. The summed E-state index contributed by atoms with van der Waals surface area (Å²) in [7, 11) is 0. The van der Waals surface area contributed by atoms with Gasteiger partial charge in [0.2, 0.25) is 0 Å². The van der Waals surface area contributed by atoms with Crippen LogP contribution in [-0.2, 0) is 4.74 Å². The molecule has 0 heterocycles. The maximum absolute atomic E-state index is 11.3. The van der Waals surface area contributed by atoms with Gasteiger partial charge >= 0.3 is 6.09 Å². The number of rotatable bonds is 8. The Morgan fingerprint density at radius 1 is 1.12 bits per heavy atom. The lowest BCUT2D eigenvalue weighted by Crippen LogP contribution is -2.33. The summed E-state index contributed by atoms with van der Waals surface area (Å²) in [6.45, 7) is 8.16. The van der Waals surface area contributed by atoms with Crippen molar-refractivity contribution in [3.8, 4) is 0 Å². The fraction of sp³-hybridized carbons (Fsp3) is 0.917. The molecule has 0 atom stereocenters. The van der Waals surface area contributed by atoms with Gasteiger partial charge in [-0.3, -0.25) is 0 Å². The molecule has 0 aromatic rings. The van der Waals surface area contributed by atoms with Crippen LogP contribution in [0.25, 0.3) is 0 Å². The second kappa shape index (κ2) is 9.24. The van der Waals surface area contributed by atoms with E-state index in [1.807, 2.05) is 20.8 Å². The largest absolute Gasteiger partial charge is 0.444 e. The minimum Gasteiger partial charge on any atom is -0.444 e. The minimum atomic E-state index is -0.435. The molecule has 0 saturated carbocycles. The first-order valence-electron chi connectivity index (χ1n) is 6.24. The van der Waals surface area contributed by atoms with Crippen LogP contribution in [0.2, 0.25) is 0 Å². The highest BCUT2D eigenvalue weighted by Gasteiger charge is 2.15. The van der Waals surface area contributed by atoms with Gasteiger partial charge in [0.1, 0.15) is 5.60 Å². The summed E-state index contributed by atoms with van der Waals surface area (Å²) in [5.74, 6) is 0. The molecule has 0 fully saturated rings. The Morgan fingerprint density at radius 2 is 1.71 bits per heavy atom. The van der Waals surface area contributed by atoms with Crippen LogP contribution in [0.3, 0.4) is 0 Å². The van der Waals surface area contributed by atoms with Gasteiger partial charge in [0.25, 0.3) is 0 Å². The number of amides is 1. The van der Waals surface area contributed by atoms with Crippen LogP contribution in [0, 0.1) is 0 Å². The third kappa shape index (κ3) is 13.1. The van der Waals surface area contributed by atoms with Gasteiger partial charge in [0.05, 0.1) is 0 Å². The molecule has 0 aliphatic carbocycles. The molecule has 17 heavy (non-hydrogen) atoms. The third-order valence-electron chi connectivity index (χ3n) is 1.96. The van der Waals surface area contributed by atoms with E-state index in [2.05, 4.69) is 10.6 Å². The van der Waals surface area contributed by atoms with Gasteiger partial charge in [0, 0.05) is 13.2 Å². The lowest BCUT2D eigenvalue weighted by molar-refractivity contribution is 0.0527. The number of aliphatic hydroxyl groups excluding tert-OH is 1. The summed E-state index contributed by atoms with van der Waals surface area (Å²) in [5.41, 5.74) is -0.435. The molecule has 0 spiro atoms. The summed E-state index contributed by atoms with van der Waals surface area (Å²) < 4.78 is 5.10. The van der Waals surface area contributed by atoms with Gasteiger partial charge in [-0.1, -0.05) is 0 Å². The fourth-order valence-corrected chi connectivity index (χ4v) is 1.21. The van der Waals surface area contributed by atoms with Crippen LogP contribution >= 0.6 is 0 Å². The number of unbranched alkanes of at least 4 members (excludes halogenated alkanes) is 1. The molecule has 0 aromatic carbocycles. The first kappa shape index (κ1) is 16.2. The minimum absolute atomic E-state index is 0.229. The molecule has 0 aliphatic rings. The average molecular weight is 246 g/mol. The average Bonchev–Trinajstić information content (AvgIpc) is 2.19. The van der Waals surface area contributed by atoms with E-state index in [-0.39, 0.29) is 12.7 Å². The maximum atomic E-state index is 11.3. The van der Waals surface area contributed by atoms with Crippen LogP contribution in [0.5, 0.6) is 0 Å². The van der Waals surface area contributed by atoms with Crippen LogP contribution in [0.1, 0.15) is 40.0 Å². The van der Waals surface area contributed by atoms with E-state index >= 15 is 0 Å². The van der Waals surface area contributed by atoms with Crippen molar-refractivity contribution in [1.29, 1.82) is 0 Å². The number of carbonyl (C=O) groups is 1. The van der Waals surface area contributed by atoms with E-state index in [0.717, 1.165) is 32.4 Å². The molecule has 0 aromatic heterocycles. The molecule has 102 valence electrons. The molecule has 0 rings (SSSR count). The van der Waals surface area contributed by atoms with Crippen molar-refractivity contribution in [2.45, 2.75) is 45.6 Å². The normalized spacial score (nSPS) is 11.3. The molecule has 5 heteroatoms. The predicted octanol–water partition coefficient (Wildman–Crippen LogP) is 1.26. The van der Waals surface area contributed by atoms with E-state index in [9.17, 15) is 4.79 Å². The lowest BCUT2D eigenvalue weighted by Gasteiger charge is -2.19. The Balaban J connectivity index is 3.25. The molecule has 5 nitrogen and oxygen atoms in total. The smallest absolute Gasteiger partial charge is 0.407 e. The van der Waals surface area contributed by atoms with E-state index in [1.165, 1.54) is 0 Å². The highest BCUT2D eigenvalue weighted by Crippen LogP contribution is 2.06. The zero-order valence-corrected chi connectivity index (χ0v) is 11.2. The summed E-state index contributed by atoms with van der Waals surface area (Å²) in [4.78, 5) is 11.3. The third-order valence-corrected chi connectivity index (χ3v) is 1.96. The van der Waals surface area contributed by atoms with Crippen molar-refractivity contribution in [2.75, 3.05) is 26.2 Å². The summed E-state index contributed by atoms with van der Waals surface area (Å²) in [5, 5.41) is 14.5. The van der Waals surface area contributed by atoms with Gasteiger partial charge in [-0.05, 0) is 53.1 Å². The molecular formula is C12H26N2O3. The van der Waals surface area contributed by atoms with Crippen molar-refractivity contribution in [1.82, 2.24) is 10.6 Å². The predicted molar refractivity (Wildman–Crippen MR) is 68.0 cm³/mol. The number of hydrogen-bond donors (Lipinski definition) is 3. The van der Waals surface area contributed by atoms with E-state index in [1.54, 1.807) is 0 Å². The molecule has 0 bridgehead atoms. The standard InChI is InChI=1S/C12H26N2O3/c1-12(2,3)17-11(16)14-9-5-4-7-13-8-6-10-15/h13,15H,4-10H2,1-3H3,(H,14,16). The van der Waals surface area contributed by atoms with Crippen LogP contribution < -0.4 is 10.6 Å². The Labute approximate surface area is 104 Å². The first-order valence-corrected chi connectivity index (χ1v) is 6.24. The molecular weight excluding hydrogens is 220 g/mol. The Hall–Kier alpha value is -0.810. The topological polar surface area (TPSA) is 70.6 Å². The van der Waals surface area contributed by atoms with Crippen LogP contribution in [0.15, 0.2) is 0 Å². The van der Waals surface area contributed by atoms with Gasteiger partial charge in [-0.25, -0.2) is 4.79 Å². The molecule has 1 amide bonds. The molecule has 0 radical (unpaired) electrons. The van der Waals surface area contributed by atoms with Crippen molar-refractivity contribution in [2.24, 2.45) is 0 Å². The van der Waals surface area contributed by atoms with Crippen molar-refractivity contribution in [3.05, 3.63) is 0 Å². The van der Waals surface area contributed by atoms with E-state index in [4.69, 9.17) is 9.84 Å². The van der Waals surface area contributed by atoms with E-state index in [0.29, 0.717) is 6.54 Å². The zero-order valence-electron chi connectivity index (χ0n) is 11.2. The van der Waals surface area contributed by atoms with Crippen molar-refractivity contribution < 1.29 is 14.6 Å². The Kier molecular flexibility index (Phi) is 8.80. The molecule has 0 saturated heterocycles. The molecule has 0 aliphatic heterocycles. The van der Waals surface area contributed by atoms with Crippen LogP contribution in [-0.4, -0.2) is 43.0 Å². The molecule has 3 N–H and O–H groups in total. The van der Waals surface area contributed by atoms with Gasteiger partial charge in [-0.15, -0.1) is 0 Å². The zero-order chi connectivity index (χ0) is 13.1. The Morgan fingerprint density at radius 3 is 2.29 bits per heavy atom. The van der Waals surface area contributed by atoms with Crippen molar-refractivity contribution >= 4 is 6.09 Å². The number of ether oxygens (including phenoxy) is 1. The lowest BCUT2D eigenvalue weighted by atomic mass is 10.2. The number of alkyl carbamates (subject to hydrolysis) is 1. The number of nitrogens with one attached hydrogen (secondary N) is 2. The summed E-state index contributed by atoms with van der Waals surface area (Å²) >= 11 is 0.